The Bertz CT molecular complexity index is 207. The topological polar surface area (TPSA) is 29.5 Å². The van der Waals surface area contributed by atoms with E-state index in [1.165, 1.54) is 0 Å². The fourth-order valence-electron chi connectivity index (χ4n) is 0.524. The van der Waals surface area contributed by atoms with Crippen molar-refractivity contribution in [3.8, 4) is 0 Å². The quantitative estimate of drug-likeness (QED) is 0.761. The van der Waals surface area contributed by atoms with Crippen LogP contribution in [0.15, 0.2) is 0 Å². The van der Waals surface area contributed by atoms with E-state index in [1.54, 1.807) is 13.8 Å². The summed E-state index contributed by atoms with van der Waals surface area (Å²) in [6, 6.07) is 0. The lowest BCUT2D eigenvalue weighted by Crippen LogP contribution is -2.18. The third kappa shape index (κ3) is 5.62. The van der Waals surface area contributed by atoms with Crippen molar-refractivity contribution in [2.24, 2.45) is 0 Å². The Morgan fingerprint density at radius 2 is 2.00 bits per heavy atom. The summed E-state index contributed by atoms with van der Waals surface area (Å²) in [6.07, 6.45) is -3.92. The van der Waals surface area contributed by atoms with Crippen molar-refractivity contribution in [1.29, 1.82) is 0 Å². The molecule has 2 atom stereocenters. The van der Waals surface area contributed by atoms with Crippen LogP contribution in [0, 0.1) is 0 Å². The monoisotopic (exact) mass is 236 g/mol. The van der Waals surface area contributed by atoms with Crippen molar-refractivity contribution in [3.63, 3.8) is 0 Å². The summed E-state index contributed by atoms with van der Waals surface area (Å²) in [5.41, 5.74) is -0.398. The largest absolute Gasteiger partial charge is 0.412 e. The molecule has 0 fully saturated rings. The summed E-state index contributed by atoms with van der Waals surface area (Å²) in [5.74, 6) is 0. The van der Waals surface area contributed by atoms with Gasteiger partial charge in [0.25, 0.3) is 0 Å². The van der Waals surface area contributed by atoms with Crippen LogP contribution in [0.2, 0.25) is 0 Å². The molecule has 0 saturated heterocycles. The van der Waals surface area contributed by atoms with Crippen LogP contribution in [-0.2, 0) is 16.3 Å². The smallest absolute Gasteiger partial charge is 0.345 e. The van der Waals surface area contributed by atoms with Gasteiger partial charge in [0.2, 0.25) is 0 Å². The van der Waals surface area contributed by atoms with Crippen LogP contribution >= 0.6 is 6.49 Å². The number of halogens is 3. The molecule has 0 aromatic carbocycles. The number of rotatable bonds is 4. The Morgan fingerprint density at radius 3 is 2.31 bits per heavy atom. The minimum Gasteiger partial charge on any atom is -0.345 e. The lowest BCUT2D eigenvalue weighted by atomic mass is 10.4. The molecule has 13 heavy (non-hydrogen) atoms. The fourth-order valence-corrected chi connectivity index (χ4v) is 2.18. The van der Waals surface area contributed by atoms with E-state index in [4.69, 9.17) is 0 Å². The number of hydrogen-bond donors (Lipinski definition) is 1. The predicted octanol–water partition coefficient (Wildman–Crippen LogP) is 2.67. The van der Waals surface area contributed by atoms with Gasteiger partial charge in [0.15, 0.2) is 6.49 Å². The molecule has 2 nitrogen and oxygen atoms in total. The average Bonchev–Trinajstić information content (AvgIpc) is 1.98. The fraction of sp³-hybridized carbons (Fsp3) is 1.00. The molecule has 0 heterocycles. The van der Waals surface area contributed by atoms with Gasteiger partial charge < -0.3 is 9.42 Å². The van der Waals surface area contributed by atoms with E-state index < -0.39 is 24.9 Å². The lowest BCUT2D eigenvalue weighted by molar-refractivity contribution is -0.153. The van der Waals surface area contributed by atoms with Crippen molar-refractivity contribution >= 4 is 18.3 Å². The van der Waals surface area contributed by atoms with Gasteiger partial charge in [-0.1, -0.05) is 13.8 Å². The highest BCUT2D eigenvalue weighted by atomic mass is 32.5. The van der Waals surface area contributed by atoms with Crippen LogP contribution in [0.4, 0.5) is 13.2 Å². The van der Waals surface area contributed by atoms with Crippen molar-refractivity contribution in [1.82, 2.24) is 0 Å². The third-order valence-electron chi connectivity index (χ3n) is 1.56. The zero-order valence-electron chi connectivity index (χ0n) is 7.34. The standard InChI is InChI=1S/C6H12F3O2PS/c1-3-5(2)12(10,13)11-4-6(7,8)9/h5H,3-4H2,1-2H3,(H,10,13). The van der Waals surface area contributed by atoms with E-state index >= 15 is 0 Å². The van der Waals surface area contributed by atoms with Crippen LogP contribution < -0.4 is 0 Å². The Labute approximate surface area is 80.3 Å². The van der Waals surface area contributed by atoms with Gasteiger partial charge in [-0.15, -0.1) is 0 Å². The van der Waals surface area contributed by atoms with Gasteiger partial charge >= 0.3 is 6.18 Å². The second-order valence-corrected chi connectivity index (χ2v) is 6.55. The molecule has 0 aromatic heterocycles. The van der Waals surface area contributed by atoms with Crippen molar-refractivity contribution in [2.45, 2.75) is 32.1 Å². The molecule has 2 unspecified atom stereocenters. The molecule has 7 heteroatoms. The Hall–Kier alpha value is 0.360. The van der Waals surface area contributed by atoms with E-state index in [2.05, 4.69) is 16.3 Å². The Morgan fingerprint density at radius 1 is 1.54 bits per heavy atom. The third-order valence-corrected chi connectivity index (χ3v) is 4.94. The van der Waals surface area contributed by atoms with Gasteiger partial charge in [0, 0.05) is 5.66 Å². The van der Waals surface area contributed by atoms with Crippen LogP contribution in [0.25, 0.3) is 0 Å². The maximum Gasteiger partial charge on any atom is 0.412 e. The first kappa shape index (κ1) is 13.4. The molecule has 80 valence electrons. The molecule has 0 aliphatic carbocycles. The lowest BCUT2D eigenvalue weighted by Gasteiger charge is -2.22. The van der Waals surface area contributed by atoms with E-state index in [9.17, 15) is 18.1 Å². The van der Waals surface area contributed by atoms with Gasteiger partial charge in [0.1, 0.15) is 6.61 Å². The van der Waals surface area contributed by atoms with Crippen LogP contribution in [-0.4, -0.2) is 23.3 Å². The summed E-state index contributed by atoms with van der Waals surface area (Å²) in [7, 11) is 0. The molecule has 0 bridgehead atoms. The summed E-state index contributed by atoms with van der Waals surface area (Å²) in [6.45, 7) is -1.42. The summed E-state index contributed by atoms with van der Waals surface area (Å²) in [4.78, 5) is 9.35. The van der Waals surface area contributed by atoms with E-state index in [-0.39, 0.29) is 0 Å². The maximum atomic E-state index is 11.7. The number of hydrogen-bond acceptors (Lipinski definition) is 2. The van der Waals surface area contributed by atoms with Gasteiger partial charge in [-0.3, -0.25) is 0 Å². The first-order chi connectivity index (χ1) is 5.69. The molecule has 0 aliphatic heterocycles. The number of alkyl halides is 3. The molecule has 0 saturated carbocycles. The van der Waals surface area contributed by atoms with E-state index in [0.717, 1.165) is 0 Å². The zero-order valence-corrected chi connectivity index (χ0v) is 9.05. The molecule has 0 aliphatic rings. The van der Waals surface area contributed by atoms with Crippen LogP contribution in [0.3, 0.4) is 0 Å². The van der Waals surface area contributed by atoms with Gasteiger partial charge in [-0.25, -0.2) is 0 Å². The van der Waals surface area contributed by atoms with Crippen molar-refractivity contribution in [3.05, 3.63) is 0 Å². The summed E-state index contributed by atoms with van der Waals surface area (Å²) >= 11 is 4.58. The summed E-state index contributed by atoms with van der Waals surface area (Å²) in [5, 5.41) is 0. The molecule has 0 amide bonds. The maximum absolute atomic E-state index is 11.7. The van der Waals surface area contributed by atoms with Crippen molar-refractivity contribution < 1.29 is 22.6 Å². The highest BCUT2D eigenvalue weighted by Crippen LogP contribution is 2.49. The highest BCUT2D eigenvalue weighted by Gasteiger charge is 2.32. The van der Waals surface area contributed by atoms with E-state index in [0.29, 0.717) is 6.42 Å². The zero-order chi connectivity index (χ0) is 10.7. The molecule has 1 N–H and O–H groups in total. The molecular formula is C6H12F3O2PS. The van der Waals surface area contributed by atoms with E-state index in [1.807, 2.05) is 0 Å². The van der Waals surface area contributed by atoms with Crippen LogP contribution in [0.5, 0.6) is 0 Å². The first-order valence-corrected chi connectivity index (χ1v) is 6.47. The normalized spacial score (nSPS) is 19.5. The predicted molar refractivity (Wildman–Crippen MR) is 48.3 cm³/mol. The van der Waals surface area contributed by atoms with Gasteiger partial charge in [-0.2, -0.15) is 13.2 Å². The Kier molecular flexibility index (Phi) is 4.86. The minimum atomic E-state index is -4.43. The SMILES string of the molecule is CCC(C)P(O)(=S)OCC(F)(F)F. The molecule has 0 spiro atoms. The second-order valence-electron chi connectivity index (χ2n) is 2.71. The van der Waals surface area contributed by atoms with Crippen molar-refractivity contribution in [2.75, 3.05) is 6.61 Å². The summed E-state index contributed by atoms with van der Waals surface area (Å²) < 4.78 is 39.4. The highest BCUT2D eigenvalue weighted by molar-refractivity contribution is 8.09. The van der Waals surface area contributed by atoms with Gasteiger partial charge in [-0.05, 0) is 18.2 Å². The van der Waals surface area contributed by atoms with Gasteiger partial charge in [0.05, 0.1) is 0 Å². The average molecular weight is 236 g/mol. The second kappa shape index (κ2) is 4.73. The molecule has 0 rings (SSSR count). The molecule has 0 radical (unpaired) electrons. The van der Waals surface area contributed by atoms with Crippen LogP contribution in [0.1, 0.15) is 20.3 Å². The minimum absolute atomic E-state index is 0.398. The molecule has 0 aromatic rings. The Balaban J connectivity index is 4.12. The first-order valence-electron chi connectivity index (χ1n) is 3.73. The molecular weight excluding hydrogens is 224 g/mol.